The summed E-state index contributed by atoms with van der Waals surface area (Å²) in [5.74, 6) is 0.441. The summed E-state index contributed by atoms with van der Waals surface area (Å²) in [6.45, 7) is 0.770. The van der Waals surface area contributed by atoms with Crippen molar-refractivity contribution in [2.45, 2.75) is 68.7 Å². The molecule has 1 saturated carbocycles. The predicted molar refractivity (Wildman–Crippen MR) is 113 cm³/mol. The Hall–Kier alpha value is -2.62. The number of imidazole rings is 1. The molecule has 3 atom stereocenters. The second kappa shape index (κ2) is 7.47. The van der Waals surface area contributed by atoms with Crippen LogP contribution in [0.25, 0.3) is 0 Å². The molecule has 3 amide bonds. The van der Waals surface area contributed by atoms with Gasteiger partial charge in [0, 0.05) is 32.6 Å². The van der Waals surface area contributed by atoms with Crippen LogP contribution in [-0.2, 0) is 27.0 Å². The minimum atomic E-state index is -1.19. The Bertz CT molecular complexity index is 935. The zero-order chi connectivity index (χ0) is 22.7. The molecule has 0 aromatic carbocycles. The van der Waals surface area contributed by atoms with E-state index in [1.807, 2.05) is 17.8 Å². The number of methoxy groups -OCH3 is 1. The van der Waals surface area contributed by atoms with E-state index < -0.39 is 23.8 Å². The summed E-state index contributed by atoms with van der Waals surface area (Å²) in [5.41, 5.74) is -0.549. The van der Waals surface area contributed by atoms with Gasteiger partial charge in [-0.25, -0.2) is 9.78 Å². The quantitative estimate of drug-likeness (QED) is 0.716. The number of likely N-dealkylation sites (tertiary alicyclic amines) is 1. The second-order valence-electron chi connectivity index (χ2n) is 9.99. The Kier molecular flexibility index (Phi) is 4.96. The molecule has 3 aliphatic heterocycles. The van der Waals surface area contributed by atoms with E-state index in [0.29, 0.717) is 25.9 Å². The molecule has 32 heavy (non-hydrogen) atoms. The maximum atomic E-state index is 13.5. The number of rotatable bonds is 4. The molecule has 1 aromatic rings. The molecular weight excluding hydrogens is 414 g/mol. The smallest absolute Gasteiger partial charge is 0.405 e. The van der Waals surface area contributed by atoms with Gasteiger partial charge < -0.3 is 29.5 Å². The number of nitrogens with zero attached hydrogens (tertiary/aromatic N) is 4. The summed E-state index contributed by atoms with van der Waals surface area (Å²) in [5, 5.41) is 11.7. The molecule has 10 nitrogen and oxygen atoms in total. The highest BCUT2D eigenvalue weighted by Gasteiger charge is 2.55. The highest BCUT2D eigenvalue weighted by atomic mass is 16.5. The number of nitrogens with one attached hydrogen (secondary N) is 1. The third-order valence-corrected chi connectivity index (χ3v) is 8.06. The number of hydrogen-bond acceptors (Lipinski definition) is 5. The van der Waals surface area contributed by atoms with Crippen molar-refractivity contribution in [3.63, 3.8) is 0 Å². The molecule has 0 unspecified atom stereocenters. The molecule has 1 spiro atoms. The number of amides is 3. The first-order chi connectivity index (χ1) is 15.3. The third kappa shape index (κ3) is 3.35. The van der Waals surface area contributed by atoms with Crippen LogP contribution in [-0.4, -0.2) is 80.7 Å². The van der Waals surface area contributed by atoms with Crippen molar-refractivity contribution in [1.29, 1.82) is 0 Å². The molecule has 5 rings (SSSR count). The first-order valence-electron chi connectivity index (χ1n) is 11.4. The van der Waals surface area contributed by atoms with Gasteiger partial charge in [-0.05, 0) is 50.4 Å². The lowest BCUT2D eigenvalue weighted by atomic mass is 9.87. The van der Waals surface area contributed by atoms with E-state index in [0.717, 1.165) is 37.9 Å². The van der Waals surface area contributed by atoms with Gasteiger partial charge in [0.15, 0.2) is 5.60 Å². The molecule has 3 saturated heterocycles. The lowest BCUT2D eigenvalue weighted by Gasteiger charge is -2.49. The summed E-state index contributed by atoms with van der Waals surface area (Å²) < 4.78 is 7.66. The summed E-state index contributed by atoms with van der Waals surface area (Å²) in [6, 6.07) is -1.33. The number of aryl methyl sites for hydroxylation is 1. The van der Waals surface area contributed by atoms with E-state index in [1.54, 1.807) is 23.1 Å². The van der Waals surface area contributed by atoms with E-state index >= 15 is 0 Å². The molecule has 1 aromatic heterocycles. The molecule has 4 fully saturated rings. The maximum absolute atomic E-state index is 13.5. The fourth-order valence-corrected chi connectivity index (χ4v) is 6.01. The van der Waals surface area contributed by atoms with Gasteiger partial charge in [0.25, 0.3) is 0 Å². The van der Waals surface area contributed by atoms with Gasteiger partial charge in [-0.3, -0.25) is 9.59 Å². The van der Waals surface area contributed by atoms with Crippen molar-refractivity contribution in [2.24, 2.45) is 12.5 Å². The summed E-state index contributed by atoms with van der Waals surface area (Å²) in [4.78, 5) is 46.2. The minimum Gasteiger partial charge on any atom is -0.465 e. The average Bonchev–Trinajstić information content (AvgIpc) is 3.14. The molecule has 0 bridgehead atoms. The molecule has 0 radical (unpaired) electrons. The molecule has 2 N–H and O–H groups in total. The maximum Gasteiger partial charge on any atom is 0.405 e. The number of hydrogen-bond donors (Lipinski definition) is 2. The van der Waals surface area contributed by atoms with Crippen LogP contribution in [0.2, 0.25) is 0 Å². The molecule has 1 aliphatic carbocycles. The van der Waals surface area contributed by atoms with Gasteiger partial charge in [0.2, 0.25) is 11.8 Å². The molecule has 10 heteroatoms. The number of carbonyl (C=O) groups is 3. The van der Waals surface area contributed by atoms with E-state index in [2.05, 4.69) is 10.3 Å². The van der Waals surface area contributed by atoms with Crippen LogP contribution < -0.4 is 5.32 Å². The van der Waals surface area contributed by atoms with Crippen molar-refractivity contribution >= 4 is 17.9 Å². The zero-order valence-corrected chi connectivity index (χ0v) is 18.6. The lowest BCUT2D eigenvalue weighted by Crippen LogP contribution is -2.66. The van der Waals surface area contributed by atoms with Crippen molar-refractivity contribution < 1.29 is 24.2 Å². The Morgan fingerprint density at radius 3 is 2.56 bits per heavy atom. The van der Waals surface area contributed by atoms with Crippen LogP contribution in [0.1, 0.15) is 50.8 Å². The standard InChI is InChI=1S/C22H31N5O5/c1-25-10-9-23-19(25)22(32-2)12-26(13-22)18(29)16-4-3-14-5-6-21(7-8-21)11-15(24-20(30)31)17(28)27(14)16/h9-10,14-16,24H,3-8,11-13H2,1-2H3,(H,30,31)/t14-,15+,16+/m1/s1. The Morgan fingerprint density at radius 1 is 1.22 bits per heavy atom. The van der Waals surface area contributed by atoms with Crippen molar-refractivity contribution in [1.82, 2.24) is 24.7 Å². The Morgan fingerprint density at radius 2 is 1.97 bits per heavy atom. The summed E-state index contributed by atoms with van der Waals surface area (Å²) >= 11 is 0. The number of ether oxygens (including phenoxy) is 1. The van der Waals surface area contributed by atoms with E-state index in [4.69, 9.17) is 4.74 Å². The fraction of sp³-hybridized carbons (Fsp3) is 0.727. The van der Waals surface area contributed by atoms with Gasteiger partial charge in [-0.2, -0.15) is 0 Å². The minimum absolute atomic E-state index is 0.00433. The fourth-order valence-electron chi connectivity index (χ4n) is 6.01. The third-order valence-electron chi connectivity index (χ3n) is 8.06. The van der Waals surface area contributed by atoms with Crippen molar-refractivity contribution in [3.05, 3.63) is 18.2 Å². The monoisotopic (exact) mass is 445 g/mol. The summed E-state index contributed by atoms with van der Waals surface area (Å²) in [6.07, 6.45) is 8.24. The highest BCUT2D eigenvalue weighted by molar-refractivity contribution is 5.92. The van der Waals surface area contributed by atoms with E-state index in [1.165, 1.54) is 0 Å². The zero-order valence-electron chi connectivity index (χ0n) is 18.6. The molecule has 4 heterocycles. The SMILES string of the molecule is COC1(c2nccn2C)CN(C(=O)[C@@H]2CC[C@@H]3CCC4(CC4)C[C@H](NC(=O)O)C(=O)N32)C1. The van der Waals surface area contributed by atoms with Crippen molar-refractivity contribution in [3.8, 4) is 0 Å². The largest absolute Gasteiger partial charge is 0.465 e. The normalized spacial score (nSPS) is 30.3. The van der Waals surface area contributed by atoms with E-state index in [9.17, 15) is 19.5 Å². The lowest BCUT2D eigenvalue weighted by molar-refractivity contribution is -0.173. The van der Waals surface area contributed by atoms with Gasteiger partial charge in [-0.1, -0.05) is 0 Å². The number of carboxylic acid groups (broad SMARTS) is 1. The second-order valence-corrected chi connectivity index (χ2v) is 9.99. The predicted octanol–water partition coefficient (Wildman–Crippen LogP) is 1.06. The highest BCUT2D eigenvalue weighted by Crippen LogP contribution is 2.55. The molecular formula is C22H31N5O5. The Balaban J connectivity index is 1.33. The van der Waals surface area contributed by atoms with Crippen LogP contribution in [0.15, 0.2) is 12.4 Å². The number of carbonyl (C=O) groups excluding carboxylic acids is 2. The van der Waals surface area contributed by atoms with Gasteiger partial charge >= 0.3 is 6.09 Å². The average molecular weight is 446 g/mol. The first kappa shape index (κ1) is 21.2. The van der Waals surface area contributed by atoms with Crippen LogP contribution >= 0.6 is 0 Å². The van der Waals surface area contributed by atoms with Gasteiger partial charge in [0.05, 0.1) is 13.1 Å². The number of aromatic nitrogens is 2. The van der Waals surface area contributed by atoms with Crippen molar-refractivity contribution in [2.75, 3.05) is 20.2 Å². The van der Waals surface area contributed by atoms with Crippen LogP contribution in [0.5, 0.6) is 0 Å². The van der Waals surface area contributed by atoms with Gasteiger partial charge in [0.1, 0.15) is 17.9 Å². The topological polar surface area (TPSA) is 117 Å². The number of fused-ring (bicyclic) bond motifs is 1. The van der Waals surface area contributed by atoms with Crippen LogP contribution in [0.3, 0.4) is 0 Å². The Labute approximate surface area is 186 Å². The van der Waals surface area contributed by atoms with E-state index in [-0.39, 0.29) is 23.3 Å². The summed E-state index contributed by atoms with van der Waals surface area (Å²) in [7, 11) is 3.52. The molecule has 4 aliphatic rings. The van der Waals surface area contributed by atoms with Gasteiger partial charge in [-0.15, -0.1) is 0 Å². The first-order valence-corrected chi connectivity index (χ1v) is 11.4. The van der Waals surface area contributed by atoms with Crippen LogP contribution in [0, 0.1) is 5.41 Å². The van der Waals surface area contributed by atoms with Crippen LogP contribution in [0.4, 0.5) is 4.79 Å². The molecule has 174 valence electrons.